The molecule has 5 heteroatoms. The fourth-order valence-electron chi connectivity index (χ4n) is 1.12. The van der Waals surface area contributed by atoms with Gasteiger partial charge in [0.2, 0.25) is 5.91 Å². The van der Waals surface area contributed by atoms with E-state index in [0.29, 0.717) is 6.54 Å². The molecule has 0 bridgehead atoms. The van der Waals surface area contributed by atoms with Crippen LogP contribution >= 0.6 is 0 Å². The average molecular weight is 197 g/mol. The summed E-state index contributed by atoms with van der Waals surface area (Å²) in [6.45, 7) is 0.801. The number of carbonyl (C=O) groups excluding carboxylic acids is 1. The third-order valence-electron chi connectivity index (χ3n) is 1.89. The zero-order valence-electron chi connectivity index (χ0n) is 8.10. The van der Waals surface area contributed by atoms with Crippen LogP contribution in [-0.4, -0.2) is 28.2 Å². The van der Waals surface area contributed by atoms with E-state index in [9.17, 15) is 4.79 Å². The molecule has 0 aromatic carbocycles. The molecule has 0 aliphatic rings. The summed E-state index contributed by atoms with van der Waals surface area (Å²) in [4.78, 5) is 10.5. The van der Waals surface area contributed by atoms with Crippen molar-refractivity contribution in [2.24, 2.45) is 12.8 Å². The first-order valence-electron chi connectivity index (χ1n) is 4.38. The summed E-state index contributed by atoms with van der Waals surface area (Å²) in [5, 5.41) is 12.0. The number of nitrogens with two attached hydrogens (primary N) is 1. The first-order chi connectivity index (χ1) is 6.59. The number of amides is 1. The van der Waals surface area contributed by atoms with Crippen LogP contribution in [0.3, 0.4) is 0 Å². The molecular weight excluding hydrogens is 182 g/mol. The van der Waals surface area contributed by atoms with E-state index >= 15 is 0 Å². The molecule has 0 saturated heterocycles. The maximum Gasteiger partial charge on any atom is 0.247 e. The lowest BCUT2D eigenvalue weighted by Gasteiger charge is -2.06. The summed E-state index contributed by atoms with van der Waals surface area (Å²) in [6, 6.07) is 1.96. The van der Waals surface area contributed by atoms with Gasteiger partial charge in [-0.05, 0) is 11.6 Å². The van der Waals surface area contributed by atoms with E-state index in [4.69, 9.17) is 10.8 Å². The van der Waals surface area contributed by atoms with Gasteiger partial charge in [-0.1, -0.05) is 0 Å². The van der Waals surface area contributed by atoms with Crippen molar-refractivity contribution < 1.29 is 9.90 Å². The predicted octanol–water partition coefficient (Wildman–Crippen LogP) is -1.04. The lowest BCUT2D eigenvalue weighted by atomic mass is 10.3. The summed E-state index contributed by atoms with van der Waals surface area (Å²) in [5.74, 6) is -0.703. The van der Waals surface area contributed by atoms with Crippen LogP contribution in [0.2, 0.25) is 0 Å². The Morgan fingerprint density at radius 3 is 3.00 bits per heavy atom. The van der Waals surface area contributed by atoms with Crippen LogP contribution in [0, 0.1) is 0 Å². The molecule has 0 saturated carbocycles. The Morgan fingerprint density at radius 2 is 2.50 bits per heavy atom. The summed E-state index contributed by atoms with van der Waals surface area (Å²) in [5.41, 5.74) is 5.99. The number of nitrogens with one attached hydrogen (secondary N) is 1. The molecule has 1 atom stereocenters. The summed E-state index contributed by atoms with van der Waals surface area (Å²) < 4.78 is 1.93. The van der Waals surface area contributed by atoms with Gasteiger partial charge in [-0.3, -0.25) is 4.79 Å². The van der Waals surface area contributed by atoms with Crippen molar-refractivity contribution in [2.45, 2.75) is 12.6 Å². The van der Waals surface area contributed by atoms with E-state index in [2.05, 4.69) is 5.32 Å². The molecule has 1 heterocycles. The number of aromatic nitrogens is 1. The smallest absolute Gasteiger partial charge is 0.247 e. The van der Waals surface area contributed by atoms with Gasteiger partial charge in [0.05, 0.1) is 0 Å². The molecule has 0 aliphatic carbocycles. The van der Waals surface area contributed by atoms with Crippen molar-refractivity contribution in [3.63, 3.8) is 0 Å². The highest BCUT2D eigenvalue weighted by Crippen LogP contribution is 1.98. The van der Waals surface area contributed by atoms with Gasteiger partial charge >= 0.3 is 0 Å². The molecule has 0 fully saturated rings. The monoisotopic (exact) mass is 197 g/mol. The minimum Gasteiger partial charge on any atom is -0.382 e. The van der Waals surface area contributed by atoms with E-state index in [1.54, 1.807) is 0 Å². The number of hydrogen-bond acceptors (Lipinski definition) is 3. The Hall–Kier alpha value is -1.33. The number of carbonyl (C=O) groups is 1. The van der Waals surface area contributed by atoms with Crippen molar-refractivity contribution in [1.29, 1.82) is 0 Å². The normalized spacial score (nSPS) is 12.7. The van der Waals surface area contributed by atoms with Gasteiger partial charge in [-0.15, -0.1) is 0 Å². The maximum absolute atomic E-state index is 10.5. The summed E-state index contributed by atoms with van der Waals surface area (Å²) in [7, 11) is 1.93. The maximum atomic E-state index is 10.5. The molecule has 1 amide bonds. The number of aliphatic hydroxyl groups excluding tert-OH is 1. The van der Waals surface area contributed by atoms with Crippen molar-refractivity contribution in [2.75, 3.05) is 6.54 Å². The van der Waals surface area contributed by atoms with Crippen LogP contribution in [0.1, 0.15) is 5.56 Å². The van der Waals surface area contributed by atoms with Gasteiger partial charge in [0.25, 0.3) is 0 Å². The SMILES string of the molecule is Cn1ccc(CNCC(O)C(N)=O)c1. The average Bonchev–Trinajstić information content (AvgIpc) is 2.51. The van der Waals surface area contributed by atoms with Crippen LogP contribution in [-0.2, 0) is 18.4 Å². The fraction of sp³-hybridized carbons (Fsp3) is 0.444. The van der Waals surface area contributed by atoms with Gasteiger partial charge in [0, 0.05) is 32.5 Å². The van der Waals surface area contributed by atoms with Gasteiger partial charge < -0.3 is 20.7 Å². The molecule has 78 valence electrons. The first kappa shape index (κ1) is 10.7. The Kier molecular flexibility index (Phi) is 3.67. The van der Waals surface area contributed by atoms with Crippen LogP contribution in [0.4, 0.5) is 0 Å². The third-order valence-corrected chi connectivity index (χ3v) is 1.89. The standard InChI is InChI=1S/C9H15N3O2/c1-12-3-2-7(6-12)4-11-5-8(13)9(10)14/h2-3,6,8,11,13H,4-5H2,1H3,(H2,10,14). The van der Waals surface area contributed by atoms with Crippen molar-refractivity contribution >= 4 is 5.91 Å². The molecule has 5 nitrogen and oxygen atoms in total. The number of aliphatic hydroxyl groups is 1. The fourth-order valence-corrected chi connectivity index (χ4v) is 1.12. The van der Waals surface area contributed by atoms with Crippen molar-refractivity contribution in [1.82, 2.24) is 9.88 Å². The highest BCUT2D eigenvalue weighted by Gasteiger charge is 2.09. The molecule has 0 radical (unpaired) electrons. The molecule has 4 N–H and O–H groups in total. The topological polar surface area (TPSA) is 80.3 Å². The molecule has 1 unspecified atom stereocenters. The van der Waals surface area contributed by atoms with Gasteiger partial charge in [0.1, 0.15) is 6.10 Å². The quantitative estimate of drug-likeness (QED) is 0.564. The predicted molar refractivity (Wildman–Crippen MR) is 52.3 cm³/mol. The van der Waals surface area contributed by atoms with Crippen LogP contribution in [0.5, 0.6) is 0 Å². The highest BCUT2D eigenvalue weighted by molar-refractivity contribution is 5.78. The number of nitrogens with zero attached hydrogens (tertiary/aromatic N) is 1. The number of aryl methyl sites for hydroxylation is 1. The minimum absolute atomic E-state index is 0.185. The zero-order valence-corrected chi connectivity index (χ0v) is 8.10. The molecule has 14 heavy (non-hydrogen) atoms. The van der Waals surface area contributed by atoms with Gasteiger partial charge in [-0.25, -0.2) is 0 Å². The summed E-state index contributed by atoms with van der Waals surface area (Å²) in [6.07, 6.45) is 2.78. The van der Waals surface area contributed by atoms with Crippen LogP contribution in [0.15, 0.2) is 18.5 Å². The number of rotatable bonds is 5. The zero-order chi connectivity index (χ0) is 10.6. The van der Waals surface area contributed by atoms with E-state index < -0.39 is 12.0 Å². The van der Waals surface area contributed by atoms with E-state index in [0.717, 1.165) is 5.56 Å². The second-order valence-electron chi connectivity index (χ2n) is 3.23. The van der Waals surface area contributed by atoms with E-state index in [-0.39, 0.29) is 6.54 Å². The first-order valence-corrected chi connectivity index (χ1v) is 4.38. The largest absolute Gasteiger partial charge is 0.382 e. The number of hydrogen-bond donors (Lipinski definition) is 3. The third kappa shape index (κ3) is 3.20. The van der Waals surface area contributed by atoms with Crippen molar-refractivity contribution in [3.8, 4) is 0 Å². The molecule has 0 aliphatic heterocycles. The molecule has 0 spiro atoms. The summed E-state index contributed by atoms with van der Waals surface area (Å²) >= 11 is 0. The molecule has 1 rings (SSSR count). The Bertz CT molecular complexity index is 309. The number of primary amides is 1. The Labute approximate surface area is 82.5 Å². The van der Waals surface area contributed by atoms with Crippen LogP contribution in [0.25, 0.3) is 0 Å². The Balaban J connectivity index is 2.25. The van der Waals surface area contributed by atoms with E-state index in [1.165, 1.54) is 0 Å². The lowest BCUT2D eigenvalue weighted by molar-refractivity contribution is -0.125. The highest BCUT2D eigenvalue weighted by atomic mass is 16.3. The molecule has 1 aromatic rings. The van der Waals surface area contributed by atoms with Crippen molar-refractivity contribution in [3.05, 3.63) is 24.0 Å². The van der Waals surface area contributed by atoms with Gasteiger partial charge in [-0.2, -0.15) is 0 Å². The van der Waals surface area contributed by atoms with Crippen LogP contribution < -0.4 is 11.1 Å². The second kappa shape index (κ2) is 4.78. The minimum atomic E-state index is -1.11. The lowest BCUT2D eigenvalue weighted by Crippen LogP contribution is -2.37. The van der Waals surface area contributed by atoms with Gasteiger partial charge in [0.15, 0.2) is 0 Å². The molecular formula is C9H15N3O2. The van der Waals surface area contributed by atoms with E-state index in [1.807, 2.05) is 30.1 Å². The Morgan fingerprint density at radius 1 is 1.79 bits per heavy atom. The molecule has 1 aromatic heterocycles. The second-order valence-corrected chi connectivity index (χ2v) is 3.23.